The number of nitrogens with two attached hydrogens (primary N) is 1. The van der Waals surface area contributed by atoms with E-state index < -0.39 is 17.5 Å². The Kier molecular flexibility index (Phi) is 3.23. The lowest BCUT2D eigenvalue weighted by Gasteiger charge is -2.18. The van der Waals surface area contributed by atoms with Crippen molar-refractivity contribution in [2.75, 3.05) is 5.73 Å². The standard InChI is InChI=1S/C10H13NO4S/c1-10(2,3)15-9(14)6-4-5(11)7(16-6)8(12)13/h4H,11H2,1-3H3,(H,12,13). The van der Waals surface area contributed by atoms with Crippen molar-refractivity contribution in [1.29, 1.82) is 0 Å². The molecule has 0 aliphatic heterocycles. The molecule has 16 heavy (non-hydrogen) atoms. The van der Waals surface area contributed by atoms with Gasteiger partial charge < -0.3 is 15.6 Å². The first kappa shape index (κ1) is 12.5. The highest BCUT2D eigenvalue weighted by atomic mass is 32.1. The summed E-state index contributed by atoms with van der Waals surface area (Å²) >= 11 is 0.817. The first-order chi connectivity index (χ1) is 7.20. The number of hydrogen-bond acceptors (Lipinski definition) is 5. The van der Waals surface area contributed by atoms with Crippen LogP contribution in [-0.2, 0) is 4.74 Å². The van der Waals surface area contributed by atoms with Crippen molar-refractivity contribution in [2.45, 2.75) is 26.4 Å². The average molecular weight is 243 g/mol. The molecule has 5 nitrogen and oxygen atoms in total. The van der Waals surface area contributed by atoms with Gasteiger partial charge in [0.2, 0.25) is 0 Å². The topological polar surface area (TPSA) is 89.6 Å². The number of esters is 1. The highest BCUT2D eigenvalue weighted by Crippen LogP contribution is 2.26. The van der Waals surface area contributed by atoms with Crippen LogP contribution in [0.25, 0.3) is 0 Å². The number of nitrogen functional groups attached to an aromatic ring is 1. The van der Waals surface area contributed by atoms with Crippen molar-refractivity contribution in [3.05, 3.63) is 15.8 Å². The molecular weight excluding hydrogens is 230 g/mol. The Bertz CT molecular complexity index is 431. The minimum absolute atomic E-state index is 0.0409. The van der Waals surface area contributed by atoms with Gasteiger partial charge >= 0.3 is 11.9 Å². The van der Waals surface area contributed by atoms with Crippen LogP contribution in [0.4, 0.5) is 5.69 Å². The van der Waals surface area contributed by atoms with Gasteiger partial charge in [0, 0.05) is 0 Å². The second kappa shape index (κ2) is 4.13. The van der Waals surface area contributed by atoms with Crippen LogP contribution in [0.3, 0.4) is 0 Å². The van der Waals surface area contributed by atoms with Crippen molar-refractivity contribution in [3.63, 3.8) is 0 Å². The van der Waals surface area contributed by atoms with Crippen LogP contribution in [0, 0.1) is 0 Å². The number of ether oxygens (including phenoxy) is 1. The summed E-state index contributed by atoms with van der Waals surface area (Å²) in [6.07, 6.45) is 0. The lowest BCUT2D eigenvalue weighted by atomic mass is 10.2. The van der Waals surface area contributed by atoms with Crippen LogP contribution < -0.4 is 5.73 Å². The van der Waals surface area contributed by atoms with E-state index in [1.807, 2.05) is 0 Å². The molecule has 1 rings (SSSR count). The van der Waals surface area contributed by atoms with Crippen LogP contribution in [0.1, 0.15) is 40.1 Å². The zero-order valence-corrected chi connectivity index (χ0v) is 10.1. The average Bonchev–Trinajstić information content (AvgIpc) is 2.44. The fraction of sp³-hybridized carbons (Fsp3) is 0.400. The van der Waals surface area contributed by atoms with Gasteiger partial charge in [-0.1, -0.05) is 0 Å². The van der Waals surface area contributed by atoms with Crippen molar-refractivity contribution >= 4 is 29.0 Å². The molecule has 0 amide bonds. The molecule has 88 valence electrons. The lowest BCUT2D eigenvalue weighted by molar-refractivity contribution is 0.00751. The van der Waals surface area contributed by atoms with E-state index in [-0.39, 0.29) is 15.4 Å². The Morgan fingerprint density at radius 3 is 2.38 bits per heavy atom. The molecule has 0 aromatic carbocycles. The summed E-state index contributed by atoms with van der Waals surface area (Å²) in [5, 5.41) is 8.77. The summed E-state index contributed by atoms with van der Waals surface area (Å²) in [6, 6.07) is 1.32. The number of carboxylic acid groups (broad SMARTS) is 1. The highest BCUT2D eigenvalue weighted by Gasteiger charge is 2.22. The van der Waals surface area contributed by atoms with Crippen molar-refractivity contribution < 1.29 is 19.4 Å². The van der Waals surface area contributed by atoms with E-state index >= 15 is 0 Å². The second-order valence-electron chi connectivity index (χ2n) is 4.20. The minimum atomic E-state index is -1.14. The number of carbonyl (C=O) groups is 2. The van der Waals surface area contributed by atoms with Crippen molar-refractivity contribution in [1.82, 2.24) is 0 Å². The summed E-state index contributed by atoms with van der Waals surface area (Å²) in [7, 11) is 0. The molecule has 0 fully saturated rings. The van der Waals surface area contributed by atoms with E-state index in [1.54, 1.807) is 20.8 Å². The number of carbonyl (C=O) groups excluding carboxylic acids is 1. The Balaban J connectivity index is 2.94. The first-order valence-electron chi connectivity index (χ1n) is 4.56. The molecule has 3 N–H and O–H groups in total. The molecule has 0 unspecified atom stereocenters. The van der Waals surface area contributed by atoms with Gasteiger partial charge in [0.25, 0.3) is 0 Å². The van der Waals surface area contributed by atoms with Crippen LogP contribution in [0.15, 0.2) is 6.07 Å². The summed E-state index contributed by atoms with van der Waals surface area (Å²) in [6.45, 7) is 5.21. The van der Waals surface area contributed by atoms with E-state index in [0.717, 1.165) is 11.3 Å². The van der Waals surface area contributed by atoms with E-state index in [2.05, 4.69) is 0 Å². The number of anilines is 1. The number of carboxylic acids is 1. The van der Waals surface area contributed by atoms with Gasteiger partial charge in [-0.2, -0.15) is 0 Å². The smallest absolute Gasteiger partial charge is 0.348 e. The molecular formula is C10H13NO4S. The number of thiophene rings is 1. The van der Waals surface area contributed by atoms with Crippen LogP contribution in [0.5, 0.6) is 0 Å². The molecule has 0 aliphatic carbocycles. The fourth-order valence-corrected chi connectivity index (χ4v) is 1.80. The Hall–Kier alpha value is -1.56. The fourth-order valence-electron chi connectivity index (χ4n) is 1.00. The molecule has 1 aromatic heterocycles. The number of aromatic carboxylic acids is 1. The molecule has 0 spiro atoms. The quantitative estimate of drug-likeness (QED) is 0.775. The third-order valence-electron chi connectivity index (χ3n) is 1.56. The second-order valence-corrected chi connectivity index (χ2v) is 5.25. The van der Waals surface area contributed by atoms with Gasteiger partial charge in [0.15, 0.2) is 0 Å². The Morgan fingerprint density at radius 2 is 2.00 bits per heavy atom. The maximum Gasteiger partial charge on any atom is 0.348 e. The normalized spacial score (nSPS) is 11.2. The van der Waals surface area contributed by atoms with Crippen LogP contribution >= 0.6 is 11.3 Å². The summed E-state index contributed by atoms with van der Waals surface area (Å²) in [5.41, 5.74) is 4.94. The summed E-state index contributed by atoms with van der Waals surface area (Å²) in [4.78, 5) is 22.5. The molecule has 1 aromatic rings. The summed E-state index contributed by atoms with van der Waals surface area (Å²) in [5.74, 6) is -1.70. The maximum absolute atomic E-state index is 11.6. The zero-order chi connectivity index (χ0) is 12.5. The molecule has 1 heterocycles. The van der Waals surface area contributed by atoms with Gasteiger partial charge in [0.1, 0.15) is 15.4 Å². The predicted octanol–water partition coefficient (Wildman–Crippen LogP) is 1.98. The molecule has 0 saturated heterocycles. The molecule has 0 atom stereocenters. The van der Waals surface area contributed by atoms with Crippen molar-refractivity contribution in [2.24, 2.45) is 0 Å². The predicted molar refractivity (Wildman–Crippen MR) is 60.9 cm³/mol. The van der Waals surface area contributed by atoms with Gasteiger partial charge in [-0.3, -0.25) is 0 Å². The lowest BCUT2D eigenvalue weighted by Crippen LogP contribution is -2.23. The minimum Gasteiger partial charge on any atom is -0.477 e. The van der Waals surface area contributed by atoms with Gasteiger partial charge in [0.05, 0.1) is 5.69 Å². The largest absolute Gasteiger partial charge is 0.477 e. The van der Waals surface area contributed by atoms with Gasteiger partial charge in [-0.25, -0.2) is 9.59 Å². The molecule has 0 aliphatic rings. The van der Waals surface area contributed by atoms with Gasteiger partial charge in [-0.15, -0.1) is 11.3 Å². The maximum atomic E-state index is 11.6. The number of rotatable bonds is 2. The van der Waals surface area contributed by atoms with Crippen molar-refractivity contribution in [3.8, 4) is 0 Å². The first-order valence-corrected chi connectivity index (χ1v) is 5.38. The molecule has 6 heteroatoms. The van der Waals surface area contributed by atoms with E-state index in [9.17, 15) is 9.59 Å². The van der Waals surface area contributed by atoms with Gasteiger partial charge in [-0.05, 0) is 26.8 Å². The molecule has 0 saturated carbocycles. The van der Waals surface area contributed by atoms with Crippen LogP contribution in [-0.4, -0.2) is 22.6 Å². The highest BCUT2D eigenvalue weighted by molar-refractivity contribution is 7.16. The van der Waals surface area contributed by atoms with E-state index in [4.69, 9.17) is 15.6 Å². The zero-order valence-electron chi connectivity index (χ0n) is 9.23. The van der Waals surface area contributed by atoms with E-state index in [1.165, 1.54) is 6.07 Å². The van der Waals surface area contributed by atoms with Crippen LogP contribution in [0.2, 0.25) is 0 Å². The number of hydrogen-bond donors (Lipinski definition) is 2. The summed E-state index contributed by atoms with van der Waals surface area (Å²) < 4.78 is 5.09. The third-order valence-corrected chi connectivity index (χ3v) is 2.67. The monoisotopic (exact) mass is 243 g/mol. The third kappa shape index (κ3) is 2.96. The Labute approximate surface area is 96.8 Å². The SMILES string of the molecule is CC(C)(C)OC(=O)c1cc(N)c(C(=O)O)s1. The molecule has 0 bridgehead atoms. The Morgan fingerprint density at radius 1 is 1.44 bits per heavy atom. The van der Waals surface area contributed by atoms with E-state index in [0.29, 0.717) is 0 Å². The molecule has 0 radical (unpaired) electrons.